The molecule has 0 aliphatic carbocycles. The number of ether oxygens (including phenoxy) is 1. The standard InChI is InChI=1S/C11H18BrNO6/c1-5(15)13-9-7(2-6(16)3-12)19-8(4-14)10(17)11(9)18/h7-11,14,17-18H,2-4H2,1H3,(H,13,15)/t7-,8?,9?,10+,11+/m0/s1. The molecule has 0 radical (unpaired) electrons. The third-order valence-corrected chi connectivity index (χ3v) is 3.60. The fourth-order valence-electron chi connectivity index (χ4n) is 2.06. The number of aliphatic hydroxyl groups is 3. The average Bonchev–Trinajstić information content (AvgIpc) is 2.37. The number of amides is 1. The van der Waals surface area contributed by atoms with Crippen LogP contribution >= 0.6 is 15.9 Å². The second-order valence-electron chi connectivity index (χ2n) is 4.48. The molecule has 1 heterocycles. The topological polar surface area (TPSA) is 116 Å². The Bertz CT molecular complexity index is 339. The lowest BCUT2D eigenvalue weighted by atomic mass is 9.90. The van der Waals surface area contributed by atoms with E-state index in [2.05, 4.69) is 21.2 Å². The number of carbonyl (C=O) groups is 2. The molecule has 1 rings (SSSR count). The van der Waals surface area contributed by atoms with E-state index >= 15 is 0 Å². The summed E-state index contributed by atoms with van der Waals surface area (Å²) in [5, 5.41) is 31.4. The molecule has 4 N–H and O–H groups in total. The number of alkyl halides is 1. The maximum atomic E-state index is 11.4. The predicted octanol–water partition coefficient (Wildman–Crippen LogP) is -1.67. The highest BCUT2D eigenvalue weighted by Crippen LogP contribution is 2.23. The van der Waals surface area contributed by atoms with Gasteiger partial charge in [0, 0.05) is 13.3 Å². The van der Waals surface area contributed by atoms with Crippen LogP contribution in [-0.4, -0.2) is 69.4 Å². The lowest BCUT2D eigenvalue weighted by Gasteiger charge is -2.42. The molecule has 110 valence electrons. The van der Waals surface area contributed by atoms with Gasteiger partial charge < -0.3 is 25.4 Å². The maximum Gasteiger partial charge on any atom is 0.217 e. The number of rotatable bonds is 5. The summed E-state index contributed by atoms with van der Waals surface area (Å²) in [5.41, 5.74) is 0. The molecule has 0 bridgehead atoms. The summed E-state index contributed by atoms with van der Waals surface area (Å²) in [5.74, 6) is -0.570. The van der Waals surface area contributed by atoms with Crippen molar-refractivity contribution >= 4 is 27.6 Å². The first-order valence-corrected chi connectivity index (χ1v) is 7.00. The molecule has 8 heteroatoms. The van der Waals surface area contributed by atoms with Crippen molar-refractivity contribution in [2.75, 3.05) is 11.9 Å². The van der Waals surface area contributed by atoms with Crippen LogP contribution in [0.1, 0.15) is 13.3 Å². The quantitative estimate of drug-likeness (QED) is 0.445. The van der Waals surface area contributed by atoms with Gasteiger partial charge in [0.15, 0.2) is 0 Å². The van der Waals surface area contributed by atoms with E-state index in [1.54, 1.807) is 0 Å². The van der Waals surface area contributed by atoms with E-state index in [9.17, 15) is 19.8 Å². The molecule has 0 aromatic heterocycles. The maximum absolute atomic E-state index is 11.4. The first kappa shape index (κ1) is 16.5. The van der Waals surface area contributed by atoms with Gasteiger partial charge in [-0.1, -0.05) is 15.9 Å². The highest BCUT2D eigenvalue weighted by Gasteiger charge is 2.44. The van der Waals surface area contributed by atoms with E-state index in [0.717, 1.165) is 0 Å². The summed E-state index contributed by atoms with van der Waals surface area (Å²) < 4.78 is 5.39. The molecule has 1 aliphatic heterocycles. The van der Waals surface area contributed by atoms with E-state index < -0.39 is 43.0 Å². The zero-order valence-corrected chi connectivity index (χ0v) is 12.0. The van der Waals surface area contributed by atoms with E-state index in [1.165, 1.54) is 6.92 Å². The predicted molar refractivity (Wildman–Crippen MR) is 68.8 cm³/mol. The molecule has 0 spiro atoms. The lowest BCUT2D eigenvalue weighted by molar-refractivity contribution is -0.196. The molecular formula is C11H18BrNO6. The summed E-state index contributed by atoms with van der Waals surface area (Å²) in [4.78, 5) is 22.6. The zero-order chi connectivity index (χ0) is 14.6. The number of hydrogen-bond acceptors (Lipinski definition) is 6. The van der Waals surface area contributed by atoms with Crippen molar-refractivity contribution in [1.82, 2.24) is 5.32 Å². The van der Waals surface area contributed by atoms with Gasteiger partial charge in [-0.15, -0.1) is 0 Å². The molecule has 1 saturated heterocycles. The molecule has 0 aromatic rings. The second kappa shape index (κ2) is 7.30. The second-order valence-corrected chi connectivity index (χ2v) is 5.04. The average molecular weight is 340 g/mol. The van der Waals surface area contributed by atoms with Crippen LogP contribution in [0.5, 0.6) is 0 Å². The first-order valence-electron chi connectivity index (χ1n) is 5.88. The summed E-state index contributed by atoms with van der Waals surface area (Å²) in [6, 6.07) is -0.890. The van der Waals surface area contributed by atoms with Gasteiger partial charge in [-0.3, -0.25) is 9.59 Å². The van der Waals surface area contributed by atoms with Gasteiger partial charge in [0.2, 0.25) is 5.91 Å². The third kappa shape index (κ3) is 4.22. The molecule has 0 aromatic carbocycles. The Labute approximate surface area is 119 Å². The molecule has 2 unspecified atom stereocenters. The van der Waals surface area contributed by atoms with Crippen molar-refractivity contribution in [3.63, 3.8) is 0 Å². The summed E-state index contributed by atoms with van der Waals surface area (Å²) in [6.45, 7) is 0.782. The van der Waals surface area contributed by atoms with Crippen molar-refractivity contribution < 1.29 is 29.6 Å². The van der Waals surface area contributed by atoms with Gasteiger partial charge >= 0.3 is 0 Å². The van der Waals surface area contributed by atoms with Crippen molar-refractivity contribution in [2.45, 2.75) is 43.8 Å². The molecule has 5 atom stereocenters. The Kier molecular flexibility index (Phi) is 6.34. The van der Waals surface area contributed by atoms with Crippen LogP contribution < -0.4 is 5.32 Å². The minimum atomic E-state index is -1.32. The Morgan fingerprint density at radius 1 is 1.26 bits per heavy atom. The molecule has 19 heavy (non-hydrogen) atoms. The monoisotopic (exact) mass is 339 g/mol. The largest absolute Gasteiger partial charge is 0.394 e. The van der Waals surface area contributed by atoms with Gasteiger partial charge in [-0.25, -0.2) is 0 Å². The van der Waals surface area contributed by atoms with Gasteiger partial charge in [-0.05, 0) is 0 Å². The minimum absolute atomic E-state index is 0.0313. The van der Waals surface area contributed by atoms with Crippen molar-refractivity contribution in [3.8, 4) is 0 Å². The highest BCUT2D eigenvalue weighted by molar-refractivity contribution is 9.09. The highest BCUT2D eigenvalue weighted by atomic mass is 79.9. The fourth-order valence-corrected chi connectivity index (χ4v) is 2.29. The normalized spacial score (nSPS) is 34.9. The number of halogens is 1. The van der Waals surface area contributed by atoms with Crippen LogP contribution in [0.3, 0.4) is 0 Å². The van der Waals surface area contributed by atoms with Gasteiger partial charge in [0.25, 0.3) is 0 Å². The molecule has 7 nitrogen and oxygen atoms in total. The van der Waals surface area contributed by atoms with E-state index in [0.29, 0.717) is 0 Å². The van der Waals surface area contributed by atoms with Crippen molar-refractivity contribution in [1.29, 1.82) is 0 Å². The van der Waals surface area contributed by atoms with Gasteiger partial charge in [-0.2, -0.15) is 0 Å². The molecular weight excluding hydrogens is 322 g/mol. The van der Waals surface area contributed by atoms with Gasteiger partial charge in [0.05, 0.1) is 24.1 Å². The Morgan fingerprint density at radius 3 is 2.37 bits per heavy atom. The van der Waals surface area contributed by atoms with Crippen LogP contribution in [0.2, 0.25) is 0 Å². The summed E-state index contributed by atoms with van der Waals surface area (Å²) in [6.07, 6.45) is -4.42. The molecule has 1 amide bonds. The summed E-state index contributed by atoms with van der Waals surface area (Å²) in [7, 11) is 0. The Balaban J connectivity index is 2.86. The van der Waals surface area contributed by atoms with Crippen LogP contribution in [0, 0.1) is 0 Å². The Hall–Kier alpha value is -0.540. The molecule has 1 aliphatic rings. The third-order valence-electron chi connectivity index (χ3n) is 2.98. The van der Waals surface area contributed by atoms with Crippen LogP contribution in [0.25, 0.3) is 0 Å². The Morgan fingerprint density at radius 2 is 1.89 bits per heavy atom. The van der Waals surface area contributed by atoms with Crippen LogP contribution in [-0.2, 0) is 14.3 Å². The number of carbonyl (C=O) groups excluding carboxylic acids is 2. The minimum Gasteiger partial charge on any atom is -0.394 e. The smallest absolute Gasteiger partial charge is 0.217 e. The van der Waals surface area contributed by atoms with Gasteiger partial charge in [0.1, 0.15) is 24.1 Å². The SMILES string of the molecule is CC(=O)NC1[C@H](CC(=O)CBr)OC(CO)[C@@H](O)[C@@H]1O. The number of Topliss-reactive ketones (excluding diaryl/α,β-unsaturated/α-hetero) is 1. The van der Waals surface area contributed by atoms with E-state index in [4.69, 9.17) is 9.84 Å². The van der Waals surface area contributed by atoms with E-state index in [1.807, 2.05) is 0 Å². The van der Waals surface area contributed by atoms with Crippen LogP contribution in [0.15, 0.2) is 0 Å². The van der Waals surface area contributed by atoms with Crippen molar-refractivity contribution in [2.24, 2.45) is 0 Å². The zero-order valence-electron chi connectivity index (χ0n) is 10.5. The number of ketones is 1. The lowest BCUT2D eigenvalue weighted by Crippen LogP contribution is -2.64. The fraction of sp³-hybridized carbons (Fsp3) is 0.818. The van der Waals surface area contributed by atoms with E-state index in [-0.39, 0.29) is 17.5 Å². The number of nitrogens with one attached hydrogen (secondary N) is 1. The van der Waals surface area contributed by atoms with Crippen molar-refractivity contribution in [3.05, 3.63) is 0 Å². The molecule has 0 saturated carbocycles. The number of aliphatic hydroxyl groups excluding tert-OH is 3. The molecule has 1 fully saturated rings. The van der Waals surface area contributed by atoms with Crippen LogP contribution in [0.4, 0.5) is 0 Å². The summed E-state index contributed by atoms with van der Waals surface area (Å²) >= 11 is 3.02. The first-order chi connectivity index (χ1) is 8.90. The number of hydrogen-bond donors (Lipinski definition) is 4.